The third-order valence-electron chi connectivity index (χ3n) is 3.75. The molecular formula is C12H16N5O9P. The standard InChI is InChI=1S/C12H16N5O9P/c1-4(18)25-8-7(19)5(2-24-27(21,22)23)26-11(8)17-3-14-6-9(17)15-12(13)16-10(6)20/h3,5,7-8,11,19H,2H2,1H3,(H2,21,22,23)(H3,13,15,16,20)/t5-,7?,8+,11-/m1/s1. The van der Waals surface area contributed by atoms with E-state index in [0.29, 0.717) is 0 Å². The van der Waals surface area contributed by atoms with E-state index in [1.54, 1.807) is 0 Å². The predicted molar refractivity (Wildman–Crippen MR) is 86.0 cm³/mol. The molecule has 1 aliphatic heterocycles. The monoisotopic (exact) mass is 405 g/mol. The molecule has 14 nitrogen and oxygen atoms in total. The van der Waals surface area contributed by atoms with Crippen molar-refractivity contribution in [3.63, 3.8) is 0 Å². The number of carbonyl (C=O) groups excluding carboxylic acids is 1. The van der Waals surface area contributed by atoms with Crippen molar-refractivity contribution in [2.24, 2.45) is 0 Å². The molecule has 6 N–H and O–H groups in total. The smallest absolute Gasteiger partial charge is 0.455 e. The van der Waals surface area contributed by atoms with Crippen molar-refractivity contribution >= 4 is 30.9 Å². The van der Waals surface area contributed by atoms with Crippen LogP contribution in [0.15, 0.2) is 11.1 Å². The highest BCUT2D eigenvalue weighted by molar-refractivity contribution is 7.46. The van der Waals surface area contributed by atoms with Gasteiger partial charge in [0.1, 0.15) is 12.2 Å². The maximum Gasteiger partial charge on any atom is 0.469 e. The van der Waals surface area contributed by atoms with Crippen LogP contribution >= 0.6 is 7.82 Å². The fourth-order valence-corrected chi connectivity index (χ4v) is 3.04. The summed E-state index contributed by atoms with van der Waals surface area (Å²) in [5.41, 5.74) is 4.85. The van der Waals surface area contributed by atoms with Crippen LogP contribution in [-0.2, 0) is 23.4 Å². The minimum absolute atomic E-state index is 0.00200. The van der Waals surface area contributed by atoms with Crippen molar-refractivity contribution in [2.45, 2.75) is 31.5 Å². The van der Waals surface area contributed by atoms with Gasteiger partial charge in [-0.15, -0.1) is 0 Å². The minimum atomic E-state index is -4.82. The molecule has 148 valence electrons. The lowest BCUT2D eigenvalue weighted by molar-refractivity contribution is -0.155. The van der Waals surface area contributed by atoms with Crippen LogP contribution in [0.25, 0.3) is 11.2 Å². The van der Waals surface area contributed by atoms with Crippen LogP contribution in [0.1, 0.15) is 13.2 Å². The molecule has 0 bridgehead atoms. The second kappa shape index (κ2) is 6.99. The largest absolute Gasteiger partial charge is 0.469 e. The van der Waals surface area contributed by atoms with Crippen molar-refractivity contribution in [2.75, 3.05) is 12.3 Å². The first-order valence-corrected chi connectivity index (χ1v) is 9.03. The molecule has 0 amide bonds. The molecule has 0 aromatic carbocycles. The number of phosphoric acid groups is 1. The molecule has 0 saturated carbocycles. The number of phosphoric ester groups is 1. The number of carbonyl (C=O) groups is 1. The number of H-pyrrole nitrogens is 1. The molecule has 1 aliphatic rings. The summed E-state index contributed by atoms with van der Waals surface area (Å²) in [6, 6.07) is 0. The maximum atomic E-state index is 11.9. The van der Waals surface area contributed by atoms with Crippen LogP contribution in [0.5, 0.6) is 0 Å². The van der Waals surface area contributed by atoms with Gasteiger partial charge in [-0.05, 0) is 0 Å². The van der Waals surface area contributed by atoms with Crippen molar-refractivity contribution in [1.82, 2.24) is 19.5 Å². The zero-order valence-electron chi connectivity index (χ0n) is 13.8. The predicted octanol–water partition coefficient (Wildman–Crippen LogP) is -2.00. The highest BCUT2D eigenvalue weighted by Crippen LogP contribution is 2.39. The molecule has 0 radical (unpaired) electrons. The Morgan fingerprint density at radius 1 is 1.52 bits per heavy atom. The maximum absolute atomic E-state index is 11.9. The number of aliphatic hydroxyl groups excluding tert-OH is 1. The Kier molecular flexibility index (Phi) is 5.03. The van der Waals surface area contributed by atoms with E-state index in [-0.39, 0.29) is 17.1 Å². The van der Waals surface area contributed by atoms with E-state index < -0.39 is 50.5 Å². The van der Waals surface area contributed by atoms with Crippen LogP contribution < -0.4 is 11.3 Å². The Morgan fingerprint density at radius 3 is 2.85 bits per heavy atom. The molecule has 4 atom stereocenters. The summed E-state index contributed by atoms with van der Waals surface area (Å²) in [6.45, 7) is 0.429. The quantitative estimate of drug-likeness (QED) is 0.270. The van der Waals surface area contributed by atoms with Crippen LogP contribution in [0.3, 0.4) is 0 Å². The number of nitrogens with two attached hydrogens (primary N) is 1. The van der Waals surface area contributed by atoms with Gasteiger partial charge in [-0.3, -0.25) is 23.7 Å². The third-order valence-corrected chi connectivity index (χ3v) is 4.23. The Labute approximate surface area is 150 Å². The number of fused-ring (bicyclic) bond motifs is 1. The van der Waals surface area contributed by atoms with E-state index in [4.69, 9.17) is 25.0 Å². The van der Waals surface area contributed by atoms with Gasteiger partial charge in [0.25, 0.3) is 5.56 Å². The van der Waals surface area contributed by atoms with Crippen molar-refractivity contribution in [1.29, 1.82) is 0 Å². The number of rotatable bonds is 5. The molecule has 27 heavy (non-hydrogen) atoms. The molecule has 1 saturated heterocycles. The number of ether oxygens (including phenoxy) is 2. The summed E-state index contributed by atoms with van der Waals surface area (Å²) >= 11 is 0. The summed E-state index contributed by atoms with van der Waals surface area (Å²) in [6.07, 6.45) is -4.04. The van der Waals surface area contributed by atoms with Gasteiger partial charge in [0, 0.05) is 6.92 Å². The summed E-state index contributed by atoms with van der Waals surface area (Å²) in [5.74, 6) is -0.933. The van der Waals surface area contributed by atoms with Crippen molar-refractivity contribution < 1.29 is 38.3 Å². The minimum Gasteiger partial charge on any atom is -0.455 e. The lowest BCUT2D eigenvalue weighted by Gasteiger charge is -2.21. The lowest BCUT2D eigenvalue weighted by atomic mass is 10.1. The average Bonchev–Trinajstić information content (AvgIpc) is 3.07. The van der Waals surface area contributed by atoms with Crippen molar-refractivity contribution in [3.8, 4) is 0 Å². The molecule has 0 aliphatic carbocycles. The second-order valence-electron chi connectivity index (χ2n) is 5.69. The summed E-state index contributed by atoms with van der Waals surface area (Å²) in [7, 11) is -4.82. The first-order chi connectivity index (χ1) is 12.6. The zero-order valence-corrected chi connectivity index (χ0v) is 14.6. The van der Waals surface area contributed by atoms with E-state index in [1.165, 1.54) is 10.9 Å². The number of aromatic amines is 1. The van der Waals surface area contributed by atoms with Crippen molar-refractivity contribution in [3.05, 3.63) is 16.7 Å². The zero-order chi connectivity index (χ0) is 19.9. The number of nitrogens with zero attached hydrogens (tertiary/aromatic N) is 3. The third kappa shape index (κ3) is 4.00. The highest BCUT2D eigenvalue weighted by atomic mass is 31.2. The molecule has 3 rings (SSSR count). The topological polar surface area (TPSA) is 212 Å². The Morgan fingerprint density at radius 2 is 2.22 bits per heavy atom. The number of nitrogen functional groups attached to an aromatic ring is 1. The number of imidazole rings is 1. The summed E-state index contributed by atoms with van der Waals surface area (Å²) in [5, 5.41) is 10.4. The number of aliphatic hydroxyl groups is 1. The van der Waals surface area contributed by atoms with Gasteiger partial charge in [-0.25, -0.2) is 9.55 Å². The average molecular weight is 405 g/mol. The first-order valence-electron chi connectivity index (χ1n) is 7.50. The van der Waals surface area contributed by atoms with Gasteiger partial charge >= 0.3 is 13.8 Å². The Bertz CT molecular complexity index is 968. The van der Waals surface area contributed by atoms with Gasteiger partial charge < -0.3 is 30.1 Å². The Hall–Kier alpha value is -2.35. The van der Waals surface area contributed by atoms with Gasteiger partial charge in [0.2, 0.25) is 5.95 Å². The molecule has 3 heterocycles. The van der Waals surface area contributed by atoms with E-state index in [0.717, 1.165) is 6.92 Å². The van der Waals surface area contributed by atoms with E-state index >= 15 is 0 Å². The number of hydrogen-bond donors (Lipinski definition) is 5. The summed E-state index contributed by atoms with van der Waals surface area (Å²) < 4.78 is 27.1. The van der Waals surface area contributed by atoms with Crippen LogP contribution in [0.4, 0.5) is 5.95 Å². The number of nitrogens with one attached hydrogen (secondary N) is 1. The van der Waals surface area contributed by atoms with Gasteiger partial charge in [0.05, 0.1) is 12.9 Å². The first kappa shape index (κ1) is 19.4. The van der Waals surface area contributed by atoms with Crippen LogP contribution in [0.2, 0.25) is 0 Å². The molecule has 0 spiro atoms. The van der Waals surface area contributed by atoms with E-state index in [1.807, 2.05) is 0 Å². The SMILES string of the molecule is CC(=O)O[C@H]1C(O)[C@@H](COP(=O)(O)O)O[C@H]1n1cnc2c(=O)[nH]c(N)nc21. The Balaban J connectivity index is 1.98. The van der Waals surface area contributed by atoms with Gasteiger partial charge in [0.15, 0.2) is 23.5 Å². The fourth-order valence-electron chi connectivity index (χ4n) is 2.70. The molecule has 15 heteroatoms. The van der Waals surface area contributed by atoms with Crippen LogP contribution in [-0.4, -0.2) is 65.3 Å². The number of esters is 1. The molecular weight excluding hydrogens is 389 g/mol. The van der Waals surface area contributed by atoms with Gasteiger partial charge in [-0.1, -0.05) is 0 Å². The second-order valence-corrected chi connectivity index (χ2v) is 6.93. The normalized spacial score (nSPS) is 25.8. The van der Waals surface area contributed by atoms with E-state index in [2.05, 4.69) is 19.5 Å². The number of anilines is 1. The molecule has 1 fully saturated rings. The fraction of sp³-hybridized carbons (Fsp3) is 0.500. The lowest BCUT2D eigenvalue weighted by Crippen LogP contribution is -2.36. The molecule has 1 unspecified atom stereocenters. The molecule has 2 aromatic heterocycles. The number of aromatic nitrogens is 4. The highest BCUT2D eigenvalue weighted by Gasteiger charge is 2.48. The molecule has 2 aromatic rings. The van der Waals surface area contributed by atoms with Gasteiger partial charge in [-0.2, -0.15) is 4.98 Å². The van der Waals surface area contributed by atoms with E-state index in [9.17, 15) is 19.3 Å². The summed E-state index contributed by atoms with van der Waals surface area (Å²) in [4.78, 5) is 51.0. The van der Waals surface area contributed by atoms with Crippen LogP contribution in [0, 0.1) is 0 Å². The number of hydrogen-bond acceptors (Lipinski definition) is 10.